The molecule has 15 heavy (non-hydrogen) atoms. The van der Waals surface area contributed by atoms with Gasteiger partial charge in [0.2, 0.25) is 0 Å². The Labute approximate surface area is 89.1 Å². The van der Waals surface area contributed by atoms with Crippen LogP contribution in [0.1, 0.15) is 19.2 Å². The first kappa shape index (κ1) is 10.1. The van der Waals surface area contributed by atoms with Crippen molar-refractivity contribution in [1.29, 1.82) is 0 Å². The average Bonchev–Trinajstić information content (AvgIpc) is 2.59. The van der Waals surface area contributed by atoms with Crippen molar-refractivity contribution in [2.45, 2.75) is 26.4 Å². The highest BCUT2D eigenvalue weighted by Crippen LogP contribution is 2.16. The van der Waals surface area contributed by atoms with Crippen molar-refractivity contribution in [3.8, 4) is 0 Å². The quantitative estimate of drug-likeness (QED) is 0.585. The molecule has 0 saturated carbocycles. The minimum Gasteiger partial charge on any atom is -0.327 e. The van der Waals surface area contributed by atoms with Gasteiger partial charge in [0.25, 0.3) is 0 Å². The lowest BCUT2D eigenvalue weighted by atomic mass is 10.3. The fourth-order valence-electron chi connectivity index (χ4n) is 1.82. The molecule has 1 aromatic carbocycles. The van der Waals surface area contributed by atoms with Gasteiger partial charge >= 0.3 is 0 Å². The zero-order valence-electron chi connectivity index (χ0n) is 8.90. The maximum atomic E-state index is 5.34. The standard InChI is InChI=1S/C11H16N4/c1-2-7-15-10-6-4-3-5-9(10)14-11(15)8-13-12/h3-6,13H,2,7-8,12H2,1H3. The molecule has 0 fully saturated rings. The number of nitrogens with one attached hydrogen (secondary N) is 1. The molecule has 80 valence electrons. The van der Waals surface area contributed by atoms with Gasteiger partial charge in [-0.2, -0.15) is 0 Å². The molecule has 1 heterocycles. The molecule has 0 radical (unpaired) electrons. The van der Waals surface area contributed by atoms with Gasteiger partial charge in [0.1, 0.15) is 5.82 Å². The van der Waals surface area contributed by atoms with Gasteiger partial charge in [-0.25, -0.2) is 4.98 Å². The SMILES string of the molecule is CCCn1c(CNN)nc2ccccc21. The fourth-order valence-corrected chi connectivity index (χ4v) is 1.82. The van der Waals surface area contributed by atoms with Gasteiger partial charge in [0, 0.05) is 6.54 Å². The number of para-hydroxylation sites is 2. The topological polar surface area (TPSA) is 55.9 Å². The molecule has 1 aromatic heterocycles. The molecule has 3 N–H and O–H groups in total. The highest BCUT2D eigenvalue weighted by Gasteiger charge is 2.07. The maximum absolute atomic E-state index is 5.34. The minimum atomic E-state index is 0.606. The van der Waals surface area contributed by atoms with Crippen LogP contribution in [0.25, 0.3) is 11.0 Å². The molecule has 0 amide bonds. The Hall–Kier alpha value is -1.39. The van der Waals surface area contributed by atoms with Crippen molar-refractivity contribution in [3.63, 3.8) is 0 Å². The van der Waals surface area contributed by atoms with Gasteiger partial charge in [-0.1, -0.05) is 19.1 Å². The first-order valence-corrected chi connectivity index (χ1v) is 5.24. The molecule has 0 atom stereocenters. The van der Waals surface area contributed by atoms with Gasteiger partial charge in [-0.15, -0.1) is 0 Å². The number of aromatic nitrogens is 2. The normalized spacial score (nSPS) is 11.1. The summed E-state index contributed by atoms with van der Waals surface area (Å²) in [5.41, 5.74) is 4.88. The van der Waals surface area contributed by atoms with E-state index >= 15 is 0 Å². The van der Waals surface area contributed by atoms with E-state index in [1.54, 1.807) is 0 Å². The first-order valence-electron chi connectivity index (χ1n) is 5.24. The number of nitrogens with zero attached hydrogens (tertiary/aromatic N) is 2. The smallest absolute Gasteiger partial charge is 0.125 e. The second kappa shape index (κ2) is 4.42. The molecule has 0 aliphatic carbocycles. The van der Waals surface area contributed by atoms with Gasteiger partial charge in [-0.05, 0) is 18.6 Å². The molecule has 0 spiro atoms. The van der Waals surface area contributed by atoms with Crippen molar-refractivity contribution >= 4 is 11.0 Å². The highest BCUT2D eigenvalue weighted by atomic mass is 15.2. The van der Waals surface area contributed by atoms with Crippen LogP contribution in [0, 0.1) is 0 Å². The minimum absolute atomic E-state index is 0.606. The molecule has 0 aliphatic heterocycles. The van der Waals surface area contributed by atoms with Gasteiger partial charge in [0.15, 0.2) is 0 Å². The van der Waals surface area contributed by atoms with Crippen molar-refractivity contribution in [3.05, 3.63) is 30.1 Å². The fraction of sp³-hybridized carbons (Fsp3) is 0.364. The van der Waals surface area contributed by atoms with Crippen molar-refractivity contribution < 1.29 is 0 Å². The summed E-state index contributed by atoms with van der Waals surface area (Å²) in [5, 5.41) is 0. The molecule has 0 aliphatic rings. The number of aryl methyl sites for hydroxylation is 1. The molecule has 4 heteroatoms. The van der Waals surface area contributed by atoms with Crippen LogP contribution < -0.4 is 11.3 Å². The van der Waals surface area contributed by atoms with Gasteiger partial charge < -0.3 is 4.57 Å². The van der Waals surface area contributed by atoms with E-state index in [9.17, 15) is 0 Å². The lowest BCUT2D eigenvalue weighted by molar-refractivity contribution is 0.612. The van der Waals surface area contributed by atoms with Crippen LogP contribution >= 0.6 is 0 Å². The summed E-state index contributed by atoms with van der Waals surface area (Å²) in [4.78, 5) is 4.54. The molecule has 4 nitrogen and oxygen atoms in total. The number of hydrogen-bond acceptors (Lipinski definition) is 3. The van der Waals surface area contributed by atoms with E-state index in [2.05, 4.69) is 28.0 Å². The number of imidazole rings is 1. The van der Waals surface area contributed by atoms with E-state index in [1.165, 1.54) is 5.52 Å². The van der Waals surface area contributed by atoms with Crippen LogP contribution in [-0.2, 0) is 13.1 Å². The van der Waals surface area contributed by atoms with E-state index in [1.807, 2.05) is 18.2 Å². The summed E-state index contributed by atoms with van der Waals surface area (Å²) in [5.74, 6) is 6.34. The average molecular weight is 204 g/mol. The Bertz CT molecular complexity index is 447. The van der Waals surface area contributed by atoms with Crippen LogP contribution in [0.4, 0.5) is 0 Å². The third-order valence-corrected chi connectivity index (χ3v) is 2.44. The number of rotatable bonds is 4. The van der Waals surface area contributed by atoms with Crippen molar-refractivity contribution in [2.24, 2.45) is 5.84 Å². The summed E-state index contributed by atoms with van der Waals surface area (Å²) in [6, 6.07) is 8.17. The summed E-state index contributed by atoms with van der Waals surface area (Å²) < 4.78 is 2.22. The number of hydrazine groups is 1. The summed E-state index contributed by atoms with van der Waals surface area (Å²) in [6.07, 6.45) is 1.10. The van der Waals surface area contributed by atoms with Crippen LogP contribution in [0.2, 0.25) is 0 Å². The third kappa shape index (κ3) is 1.86. The summed E-state index contributed by atoms with van der Waals surface area (Å²) in [6.45, 7) is 3.75. The second-order valence-electron chi connectivity index (χ2n) is 3.55. The van der Waals surface area contributed by atoms with Crippen LogP contribution in [0.5, 0.6) is 0 Å². The predicted octanol–water partition coefficient (Wildman–Crippen LogP) is 1.41. The number of fused-ring (bicyclic) bond motifs is 1. The number of benzene rings is 1. The third-order valence-electron chi connectivity index (χ3n) is 2.44. The van der Waals surface area contributed by atoms with Gasteiger partial charge in [0.05, 0.1) is 17.6 Å². The summed E-state index contributed by atoms with van der Waals surface area (Å²) in [7, 11) is 0. The van der Waals surface area contributed by atoms with E-state index in [-0.39, 0.29) is 0 Å². The Morgan fingerprint density at radius 1 is 1.40 bits per heavy atom. The van der Waals surface area contributed by atoms with Crippen molar-refractivity contribution in [2.75, 3.05) is 0 Å². The molecule has 0 unspecified atom stereocenters. The van der Waals surface area contributed by atoms with E-state index in [4.69, 9.17) is 5.84 Å². The lowest BCUT2D eigenvalue weighted by Crippen LogP contribution is -2.23. The Morgan fingerprint density at radius 2 is 2.20 bits per heavy atom. The molecular weight excluding hydrogens is 188 g/mol. The van der Waals surface area contributed by atoms with E-state index in [0.717, 1.165) is 24.3 Å². The Balaban J connectivity index is 2.53. The van der Waals surface area contributed by atoms with Crippen molar-refractivity contribution in [1.82, 2.24) is 15.0 Å². The largest absolute Gasteiger partial charge is 0.327 e. The number of hydrogen-bond donors (Lipinski definition) is 2. The first-order chi connectivity index (χ1) is 7.36. The predicted molar refractivity (Wildman–Crippen MR) is 61.1 cm³/mol. The van der Waals surface area contributed by atoms with Crippen LogP contribution in [0.3, 0.4) is 0 Å². The molecule has 2 aromatic rings. The summed E-state index contributed by atoms with van der Waals surface area (Å²) >= 11 is 0. The molecular formula is C11H16N4. The van der Waals surface area contributed by atoms with Crippen LogP contribution in [0.15, 0.2) is 24.3 Å². The zero-order valence-corrected chi connectivity index (χ0v) is 8.90. The maximum Gasteiger partial charge on any atom is 0.125 e. The second-order valence-corrected chi connectivity index (χ2v) is 3.55. The van der Waals surface area contributed by atoms with Crippen LogP contribution in [-0.4, -0.2) is 9.55 Å². The van der Waals surface area contributed by atoms with E-state index in [0.29, 0.717) is 6.54 Å². The Kier molecular flexibility index (Phi) is 2.99. The molecule has 0 bridgehead atoms. The highest BCUT2D eigenvalue weighted by molar-refractivity contribution is 5.75. The zero-order chi connectivity index (χ0) is 10.7. The van der Waals surface area contributed by atoms with E-state index < -0.39 is 0 Å². The van der Waals surface area contributed by atoms with Gasteiger partial charge in [-0.3, -0.25) is 11.3 Å². The Morgan fingerprint density at radius 3 is 2.93 bits per heavy atom. The molecule has 2 rings (SSSR count). The number of nitrogens with two attached hydrogens (primary N) is 1. The lowest BCUT2D eigenvalue weighted by Gasteiger charge is -2.06. The monoisotopic (exact) mass is 204 g/mol. The molecule has 0 saturated heterocycles.